The maximum Gasteiger partial charge on any atom is 0.167 e. The maximum atomic E-state index is 6.32. The van der Waals surface area contributed by atoms with Gasteiger partial charge in [-0.2, -0.15) is 0 Å². The first-order chi connectivity index (χ1) is 67.4. The number of fused-ring (bicyclic) bond motifs is 32. The first-order valence-corrected chi connectivity index (χ1v) is 45.2. The summed E-state index contributed by atoms with van der Waals surface area (Å²) in [6.07, 6.45) is 16.6. The maximum absolute atomic E-state index is 6.32. The van der Waals surface area contributed by atoms with E-state index in [1.54, 1.807) is 0 Å². The molecule has 27 aromatic rings. The van der Waals surface area contributed by atoms with E-state index >= 15 is 0 Å². The van der Waals surface area contributed by atoms with Gasteiger partial charge in [-0.1, -0.05) is 243 Å². The summed E-state index contributed by atoms with van der Waals surface area (Å²) in [5.74, 6) is 1.25. The predicted molar refractivity (Wildman–Crippen MR) is 554 cm³/mol. The third kappa shape index (κ3) is 11.4. The Morgan fingerprint density at radius 3 is 0.478 bits per heavy atom. The molecule has 0 spiro atoms. The lowest BCUT2D eigenvalue weighted by atomic mass is 9.96. The molecule has 29 rings (SSSR count). The zero-order valence-corrected chi connectivity index (χ0v) is 72.2. The third-order valence-electron chi connectivity index (χ3n) is 27.1. The number of hydrogen-bond donors (Lipinski definition) is 10. The molecule has 0 aliphatic carbocycles. The standard InChI is InChI=1S/C112H74N24/c1-17-41-81-65(25-1)49-57-129(81)121-97-73-33-9-10-34-74(73)98(122-130-58-50-66-26-2-18-42-82(66)130)90-89(97)105-113-106(90)118-108-93-94(102(126-134-62-54-70-30-6-22-46-86(70)134)78-38-14-13-37-77(78)101(93)125-133-61-53-69-29-5-21-45-85(69)133)110(115-108)120-112-96-95(103(127-135-63-55-71-31-7-23-47-87(71)135)79-39-15-16-40-80(79)104(96)128-136-64-56-72-32-8-24-48-88(72)136)111(116-112)119-109-92-91(107(114-109)117-105)99(123-131-59-51-67-27-3-19-43-83(67)131)75-35-11-12-36-76(75)100(92)124-132-60-52-68-28-4-20-44-84(68)132/h1-64,121-128H,(H2,113,114,115,116,117,118,119,120). The molecule has 24 nitrogen and oxygen atoms in total. The lowest BCUT2D eigenvalue weighted by Crippen LogP contribution is -2.12. The van der Waals surface area contributed by atoms with Gasteiger partial charge in [-0.25, -0.2) is 29.9 Å². The van der Waals surface area contributed by atoms with Crippen molar-refractivity contribution in [1.82, 2.24) is 77.3 Å². The number of anilines is 8. The number of aromatic nitrogens is 16. The quantitative estimate of drug-likeness (QED) is 0.0405. The number of benzene rings is 16. The zero-order valence-electron chi connectivity index (χ0n) is 72.2. The number of H-pyrrole nitrogens is 2. The zero-order chi connectivity index (χ0) is 88.9. The Hall–Kier alpha value is -19.4. The number of hydrogen-bond acceptors (Lipinski definition) is 14. The minimum absolute atomic E-state index is 0.312. The van der Waals surface area contributed by atoms with Crippen molar-refractivity contribution in [3.63, 3.8) is 0 Å². The number of nitrogens with zero attached hydrogens (tertiary/aromatic N) is 14. The van der Waals surface area contributed by atoms with Crippen molar-refractivity contribution in [3.05, 3.63) is 389 Å². The molecule has 2 aliphatic rings. The van der Waals surface area contributed by atoms with Crippen molar-refractivity contribution in [3.8, 4) is 45.6 Å². The van der Waals surface area contributed by atoms with Crippen LogP contribution in [0.15, 0.2) is 389 Å². The number of aromatic amines is 2. The number of rotatable bonds is 16. The van der Waals surface area contributed by atoms with Crippen LogP contribution in [0.2, 0.25) is 0 Å². The molecule has 642 valence electrons. The molecule has 0 saturated heterocycles. The van der Waals surface area contributed by atoms with E-state index in [0.29, 0.717) is 135 Å². The summed E-state index contributed by atoms with van der Waals surface area (Å²) in [6.45, 7) is 0. The lowest BCUT2D eigenvalue weighted by Gasteiger charge is -2.21. The summed E-state index contributed by atoms with van der Waals surface area (Å²) < 4.78 is 16.7. The fourth-order valence-corrected chi connectivity index (χ4v) is 20.9. The van der Waals surface area contributed by atoms with Crippen LogP contribution in [-0.4, -0.2) is 77.3 Å². The Morgan fingerprint density at radius 1 is 0.154 bits per heavy atom. The molecule has 11 aromatic heterocycles. The second kappa shape index (κ2) is 29.1. The Kier molecular flexibility index (Phi) is 15.9. The van der Waals surface area contributed by atoms with Crippen molar-refractivity contribution >= 4 is 220 Å². The Labute approximate surface area is 770 Å². The SMILES string of the molecule is c1ccc2c(c1)ccn2Nc1c2c(c(Nn3ccc4ccccc43)c3ccccc13)-c1nc-2nc2[nH]c(nc3nc(nc4[nH]c(n1)c1c(Nn5ccc6ccccc65)c5ccccc5c(Nn5ccc6ccccc65)c41)-c1c-3c(Nn3ccc4ccccc43)c3ccccc3c1Nn1ccc3ccccc31)c1c(Nn3ccc4ccccc43)c3ccccc3c(Nn3ccc4ccccc43)c21. The van der Waals surface area contributed by atoms with E-state index in [1.807, 2.05) is 0 Å². The second-order valence-electron chi connectivity index (χ2n) is 34.6. The highest BCUT2D eigenvalue weighted by Gasteiger charge is 2.36. The summed E-state index contributed by atoms with van der Waals surface area (Å²) >= 11 is 0. The molecule has 8 bridgehead atoms. The minimum Gasteiger partial charge on any atom is -0.324 e. The van der Waals surface area contributed by atoms with Crippen LogP contribution in [0.3, 0.4) is 0 Å². The Balaban J connectivity index is 0.850. The fourth-order valence-electron chi connectivity index (χ4n) is 20.9. The molecule has 2 aliphatic heterocycles. The second-order valence-corrected chi connectivity index (χ2v) is 34.6. The largest absolute Gasteiger partial charge is 0.324 e. The van der Waals surface area contributed by atoms with Gasteiger partial charge in [0.15, 0.2) is 23.3 Å². The minimum atomic E-state index is 0.312. The van der Waals surface area contributed by atoms with Gasteiger partial charge >= 0.3 is 0 Å². The van der Waals surface area contributed by atoms with Gasteiger partial charge in [-0.15, -0.1) is 0 Å². The molecular formula is C112H74N24. The first kappa shape index (κ1) is 74.6. The highest BCUT2D eigenvalue weighted by molar-refractivity contribution is 6.30. The van der Waals surface area contributed by atoms with Crippen molar-refractivity contribution in [2.45, 2.75) is 0 Å². The van der Waals surface area contributed by atoms with Crippen LogP contribution in [0.25, 0.3) is 220 Å². The van der Waals surface area contributed by atoms with E-state index < -0.39 is 0 Å². The molecule has 136 heavy (non-hydrogen) atoms. The van der Waals surface area contributed by atoms with Gasteiger partial charge in [0.05, 0.1) is 133 Å². The normalized spacial score (nSPS) is 12.1. The summed E-state index contributed by atoms with van der Waals surface area (Å²) in [6, 6.07) is 118. The molecule has 10 N–H and O–H groups in total. The Morgan fingerprint density at radius 2 is 0.301 bits per heavy atom. The lowest BCUT2D eigenvalue weighted by molar-refractivity contribution is 1.01. The van der Waals surface area contributed by atoms with E-state index in [9.17, 15) is 0 Å². The molecule has 13 heterocycles. The smallest absolute Gasteiger partial charge is 0.167 e. The van der Waals surface area contributed by atoms with Crippen LogP contribution in [0.1, 0.15) is 0 Å². The Bertz CT molecular complexity index is 8850. The topological polar surface area (TPSA) is 245 Å². The van der Waals surface area contributed by atoms with Gasteiger partial charge in [0.1, 0.15) is 22.6 Å². The number of para-hydroxylation sites is 8. The predicted octanol–water partition coefficient (Wildman–Crippen LogP) is 26.1. The summed E-state index contributed by atoms with van der Waals surface area (Å²) in [7, 11) is 0. The number of nitrogens with one attached hydrogen (secondary N) is 10. The van der Waals surface area contributed by atoms with Crippen LogP contribution in [0.4, 0.5) is 45.5 Å². The van der Waals surface area contributed by atoms with Crippen molar-refractivity contribution in [1.29, 1.82) is 0 Å². The molecule has 0 fully saturated rings. The van der Waals surface area contributed by atoms with Gasteiger partial charge < -0.3 is 9.97 Å². The van der Waals surface area contributed by atoms with E-state index in [2.05, 4.69) is 480 Å². The fraction of sp³-hybridized carbons (Fsp3) is 0. The third-order valence-corrected chi connectivity index (χ3v) is 27.1. The molecule has 24 heteroatoms. The van der Waals surface area contributed by atoms with E-state index in [1.165, 1.54) is 0 Å². The van der Waals surface area contributed by atoms with Gasteiger partial charge in [0.25, 0.3) is 0 Å². The average molecular weight is 1760 g/mol. The first-order valence-electron chi connectivity index (χ1n) is 45.2. The van der Waals surface area contributed by atoms with Crippen LogP contribution in [-0.2, 0) is 0 Å². The van der Waals surface area contributed by atoms with Crippen molar-refractivity contribution in [2.24, 2.45) is 0 Å². The van der Waals surface area contributed by atoms with E-state index in [-0.39, 0.29) is 0 Å². The highest BCUT2D eigenvalue weighted by Crippen LogP contribution is 2.55. The summed E-state index contributed by atoms with van der Waals surface area (Å²) in [5.41, 5.74) is 50.2. The summed E-state index contributed by atoms with van der Waals surface area (Å²) in [4.78, 5) is 45.8. The van der Waals surface area contributed by atoms with E-state index in [0.717, 1.165) is 130 Å². The molecule has 0 unspecified atom stereocenters. The summed E-state index contributed by atoms with van der Waals surface area (Å²) in [5, 5.41) is 17.9. The molecule has 16 aromatic carbocycles. The van der Waals surface area contributed by atoms with Gasteiger partial charge in [0, 0.05) is 136 Å². The van der Waals surface area contributed by atoms with Gasteiger partial charge in [-0.05, 0) is 97.1 Å². The van der Waals surface area contributed by atoms with Crippen molar-refractivity contribution in [2.75, 3.05) is 43.4 Å². The average Bonchev–Trinajstić information content (AvgIpc) is 1.54. The van der Waals surface area contributed by atoms with Crippen molar-refractivity contribution < 1.29 is 0 Å². The van der Waals surface area contributed by atoms with Gasteiger partial charge in [0.2, 0.25) is 0 Å². The van der Waals surface area contributed by atoms with Gasteiger partial charge in [-0.3, -0.25) is 80.8 Å². The van der Waals surface area contributed by atoms with E-state index in [4.69, 9.17) is 29.9 Å². The molecular weight excluding hydrogens is 1680 g/mol. The molecule has 0 atom stereocenters. The molecule has 0 saturated carbocycles. The molecule has 0 radical (unpaired) electrons. The van der Waals surface area contributed by atoms with Crippen LogP contribution in [0, 0.1) is 0 Å². The molecule has 0 amide bonds. The van der Waals surface area contributed by atoms with Crippen LogP contribution >= 0.6 is 0 Å². The monoisotopic (exact) mass is 1750 g/mol. The highest BCUT2D eigenvalue weighted by atomic mass is 15.5. The van der Waals surface area contributed by atoms with Crippen LogP contribution in [0.5, 0.6) is 0 Å². The van der Waals surface area contributed by atoms with Crippen LogP contribution < -0.4 is 43.4 Å².